The lowest BCUT2D eigenvalue weighted by Gasteiger charge is -2.08. The van der Waals surface area contributed by atoms with Gasteiger partial charge in [-0.1, -0.05) is 12.1 Å². The number of carbonyl (C=O) groups excluding carboxylic acids is 1. The maximum atomic E-state index is 10.9. The fourth-order valence-corrected chi connectivity index (χ4v) is 1.75. The zero-order valence-corrected chi connectivity index (χ0v) is 11.5. The number of aromatic carboxylic acids is 1. The molecule has 0 fully saturated rings. The van der Waals surface area contributed by atoms with Gasteiger partial charge in [0.15, 0.2) is 0 Å². The summed E-state index contributed by atoms with van der Waals surface area (Å²) in [6, 6.07) is 13.5. The summed E-state index contributed by atoms with van der Waals surface area (Å²) in [5.41, 5.74) is 1.84. The molecule has 108 valence electrons. The molecule has 0 saturated carbocycles. The molecular formula is C16H15NO4. The molecule has 0 aliphatic heterocycles. The summed E-state index contributed by atoms with van der Waals surface area (Å²) in [7, 11) is 0. The highest BCUT2D eigenvalue weighted by atomic mass is 16.5. The molecule has 21 heavy (non-hydrogen) atoms. The van der Waals surface area contributed by atoms with Gasteiger partial charge in [-0.25, -0.2) is 4.79 Å². The monoisotopic (exact) mass is 285 g/mol. The summed E-state index contributed by atoms with van der Waals surface area (Å²) in [4.78, 5) is 21.6. The summed E-state index contributed by atoms with van der Waals surface area (Å²) in [5, 5.41) is 11.5. The third kappa shape index (κ3) is 4.35. The highest BCUT2D eigenvalue weighted by molar-refractivity contribution is 5.88. The van der Waals surface area contributed by atoms with E-state index >= 15 is 0 Å². The van der Waals surface area contributed by atoms with Crippen LogP contribution < -0.4 is 10.1 Å². The number of benzene rings is 2. The minimum atomic E-state index is -0.948. The van der Waals surface area contributed by atoms with Gasteiger partial charge in [0, 0.05) is 12.6 Å². The van der Waals surface area contributed by atoms with Crippen molar-refractivity contribution >= 4 is 17.6 Å². The van der Waals surface area contributed by atoms with E-state index in [1.54, 1.807) is 48.5 Å². The predicted octanol–water partition coefficient (Wildman–Crippen LogP) is 2.92. The van der Waals surface area contributed by atoms with Gasteiger partial charge in [0.2, 0.25) is 5.91 Å². The van der Waals surface area contributed by atoms with Gasteiger partial charge in [0.1, 0.15) is 12.4 Å². The number of carboxylic acid groups (broad SMARTS) is 1. The number of rotatable bonds is 5. The minimum Gasteiger partial charge on any atom is -0.489 e. The fourth-order valence-electron chi connectivity index (χ4n) is 1.75. The van der Waals surface area contributed by atoms with Crippen LogP contribution >= 0.6 is 0 Å². The summed E-state index contributed by atoms with van der Waals surface area (Å²) >= 11 is 0. The van der Waals surface area contributed by atoms with E-state index in [9.17, 15) is 9.59 Å². The van der Waals surface area contributed by atoms with E-state index in [2.05, 4.69) is 5.32 Å². The van der Waals surface area contributed by atoms with Crippen molar-refractivity contribution in [1.29, 1.82) is 0 Å². The first-order chi connectivity index (χ1) is 10.0. The van der Waals surface area contributed by atoms with Gasteiger partial charge in [-0.15, -0.1) is 0 Å². The van der Waals surface area contributed by atoms with Crippen molar-refractivity contribution in [1.82, 2.24) is 0 Å². The molecule has 5 heteroatoms. The lowest BCUT2D eigenvalue weighted by atomic mass is 10.1. The standard InChI is InChI=1S/C16H15NO4/c1-11(18)17-14-6-8-15(9-7-14)21-10-12-2-4-13(5-3-12)16(19)20/h2-9H,10H2,1H3,(H,17,18)(H,19,20). The first-order valence-electron chi connectivity index (χ1n) is 6.37. The lowest BCUT2D eigenvalue weighted by Crippen LogP contribution is -2.05. The fraction of sp³-hybridized carbons (Fsp3) is 0.125. The first kappa shape index (κ1) is 14.6. The Hall–Kier alpha value is -2.82. The molecule has 0 radical (unpaired) electrons. The Bertz CT molecular complexity index is 632. The average molecular weight is 285 g/mol. The molecule has 5 nitrogen and oxygen atoms in total. The summed E-state index contributed by atoms with van der Waals surface area (Å²) in [5.74, 6) is -0.398. The van der Waals surface area contributed by atoms with E-state index in [4.69, 9.17) is 9.84 Å². The summed E-state index contributed by atoms with van der Waals surface area (Å²) in [6.07, 6.45) is 0. The van der Waals surface area contributed by atoms with Crippen molar-refractivity contribution in [3.05, 3.63) is 59.7 Å². The van der Waals surface area contributed by atoms with Crippen molar-refractivity contribution < 1.29 is 19.4 Å². The largest absolute Gasteiger partial charge is 0.489 e. The molecule has 0 spiro atoms. The molecule has 0 heterocycles. The van der Waals surface area contributed by atoms with Crippen molar-refractivity contribution in [3.63, 3.8) is 0 Å². The van der Waals surface area contributed by atoms with E-state index in [1.807, 2.05) is 0 Å². The van der Waals surface area contributed by atoms with Crippen LogP contribution in [0.15, 0.2) is 48.5 Å². The Balaban J connectivity index is 1.93. The maximum absolute atomic E-state index is 10.9. The number of amides is 1. The second kappa shape index (κ2) is 6.56. The molecule has 2 rings (SSSR count). The third-order valence-electron chi connectivity index (χ3n) is 2.78. The molecular weight excluding hydrogens is 270 g/mol. The summed E-state index contributed by atoms with van der Waals surface area (Å²) < 4.78 is 5.59. The molecule has 0 aromatic heterocycles. The van der Waals surface area contributed by atoms with Gasteiger partial charge in [0.25, 0.3) is 0 Å². The molecule has 2 aromatic carbocycles. The number of ether oxygens (including phenoxy) is 1. The molecule has 0 aliphatic rings. The van der Waals surface area contributed by atoms with Crippen molar-refractivity contribution in [2.24, 2.45) is 0 Å². The highest BCUT2D eigenvalue weighted by Crippen LogP contribution is 2.17. The van der Waals surface area contributed by atoms with E-state index in [0.29, 0.717) is 18.0 Å². The number of hydrogen-bond acceptors (Lipinski definition) is 3. The molecule has 0 aliphatic carbocycles. The smallest absolute Gasteiger partial charge is 0.335 e. The van der Waals surface area contributed by atoms with Gasteiger partial charge in [-0.2, -0.15) is 0 Å². The number of carboxylic acids is 1. The maximum Gasteiger partial charge on any atom is 0.335 e. The lowest BCUT2D eigenvalue weighted by molar-refractivity contribution is -0.114. The van der Waals surface area contributed by atoms with Gasteiger partial charge in [-0.05, 0) is 42.0 Å². The van der Waals surface area contributed by atoms with Crippen molar-refractivity contribution in [2.45, 2.75) is 13.5 Å². The quantitative estimate of drug-likeness (QED) is 0.885. The van der Waals surface area contributed by atoms with Gasteiger partial charge in [-0.3, -0.25) is 4.79 Å². The topological polar surface area (TPSA) is 75.6 Å². The van der Waals surface area contributed by atoms with E-state index in [0.717, 1.165) is 5.56 Å². The Kier molecular flexibility index (Phi) is 4.56. The van der Waals surface area contributed by atoms with Crippen LogP contribution in [-0.2, 0) is 11.4 Å². The highest BCUT2D eigenvalue weighted by Gasteiger charge is 2.02. The number of hydrogen-bond donors (Lipinski definition) is 2. The number of nitrogens with one attached hydrogen (secondary N) is 1. The van der Waals surface area contributed by atoms with Crippen LogP contribution in [0.2, 0.25) is 0 Å². The minimum absolute atomic E-state index is 0.123. The van der Waals surface area contributed by atoms with E-state index < -0.39 is 5.97 Å². The second-order valence-electron chi connectivity index (χ2n) is 4.50. The van der Waals surface area contributed by atoms with Crippen LogP contribution in [-0.4, -0.2) is 17.0 Å². The normalized spacial score (nSPS) is 9.95. The summed E-state index contributed by atoms with van der Waals surface area (Å²) in [6.45, 7) is 1.80. The molecule has 0 unspecified atom stereocenters. The molecule has 2 aromatic rings. The molecule has 1 amide bonds. The van der Waals surface area contributed by atoms with Gasteiger partial charge in [0.05, 0.1) is 5.56 Å². The van der Waals surface area contributed by atoms with Crippen LogP contribution in [0.3, 0.4) is 0 Å². The Morgan fingerprint density at radius 2 is 1.67 bits per heavy atom. The van der Waals surface area contributed by atoms with Crippen LogP contribution in [0, 0.1) is 0 Å². The van der Waals surface area contributed by atoms with E-state index in [1.165, 1.54) is 6.92 Å². The van der Waals surface area contributed by atoms with Gasteiger partial charge >= 0.3 is 5.97 Å². The Morgan fingerprint density at radius 1 is 1.05 bits per heavy atom. The van der Waals surface area contributed by atoms with Crippen LogP contribution in [0.25, 0.3) is 0 Å². The molecule has 2 N–H and O–H groups in total. The van der Waals surface area contributed by atoms with Crippen LogP contribution in [0.4, 0.5) is 5.69 Å². The zero-order chi connectivity index (χ0) is 15.2. The van der Waals surface area contributed by atoms with Crippen LogP contribution in [0.5, 0.6) is 5.75 Å². The van der Waals surface area contributed by atoms with Crippen molar-refractivity contribution in [2.75, 3.05) is 5.32 Å². The average Bonchev–Trinajstić information content (AvgIpc) is 2.46. The second-order valence-corrected chi connectivity index (χ2v) is 4.50. The SMILES string of the molecule is CC(=O)Nc1ccc(OCc2ccc(C(=O)O)cc2)cc1. The van der Waals surface area contributed by atoms with E-state index in [-0.39, 0.29) is 11.5 Å². The molecule has 0 saturated heterocycles. The number of carbonyl (C=O) groups is 2. The zero-order valence-electron chi connectivity index (χ0n) is 11.5. The van der Waals surface area contributed by atoms with Crippen molar-refractivity contribution in [3.8, 4) is 5.75 Å². The third-order valence-corrected chi connectivity index (χ3v) is 2.78. The van der Waals surface area contributed by atoms with Gasteiger partial charge < -0.3 is 15.2 Å². The van der Waals surface area contributed by atoms with Crippen LogP contribution in [0.1, 0.15) is 22.8 Å². The number of anilines is 1. The predicted molar refractivity (Wildman–Crippen MR) is 78.5 cm³/mol. The first-order valence-corrected chi connectivity index (χ1v) is 6.37. The molecule has 0 bridgehead atoms. The Morgan fingerprint density at radius 3 is 2.19 bits per heavy atom. The Labute approximate surface area is 122 Å². The molecule has 0 atom stereocenters.